The van der Waals surface area contributed by atoms with Gasteiger partial charge in [-0.2, -0.15) is 0 Å². The third-order valence-corrected chi connectivity index (χ3v) is 6.37. The van der Waals surface area contributed by atoms with Crippen molar-refractivity contribution in [2.45, 2.75) is 23.5 Å². The Bertz CT molecular complexity index is 1050. The molecule has 1 fully saturated rings. The molecular formula is C23H23N3O2S. The van der Waals surface area contributed by atoms with Gasteiger partial charge in [0.1, 0.15) is 5.69 Å². The highest BCUT2D eigenvalue weighted by Crippen LogP contribution is 2.30. The lowest BCUT2D eigenvalue weighted by Gasteiger charge is -2.31. The number of aromatic nitrogens is 1. The van der Waals surface area contributed by atoms with Crippen molar-refractivity contribution >= 4 is 34.3 Å². The SMILES string of the molecule is NC(=O)C1CCCN(C(=O)c2cccc(CSc3cccc4ccccc34)n2)C1. The van der Waals surface area contributed by atoms with Crippen molar-refractivity contribution in [1.29, 1.82) is 0 Å². The number of fused-ring (bicyclic) bond motifs is 1. The normalized spacial score (nSPS) is 16.7. The zero-order valence-electron chi connectivity index (χ0n) is 16.1. The minimum Gasteiger partial charge on any atom is -0.369 e. The largest absolute Gasteiger partial charge is 0.369 e. The molecule has 6 heteroatoms. The van der Waals surface area contributed by atoms with Gasteiger partial charge in [0, 0.05) is 23.7 Å². The number of carbonyl (C=O) groups excluding carboxylic acids is 2. The topological polar surface area (TPSA) is 76.3 Å². The molecule has 0 aliphatic carbocycles. The lowest BCUT2D eigenvalue weighted by molar-refractivity contribution is -0.123. The number of benzene rings is 2. The van der Waals surface area contributed by atoms with Gasteiger partial charge in [0.15, 0.2) is 0 Å². The fraction of sp³-hybridized carbons (Fsp3) is 0.261. The smallest absolute Gasteiger partial charge is 0.272 e. The molecule has 148 valence electrons. The van der Waals surface area contributed by atoms with Crippen molar-refractivity contribution in [2.75, 3.05) is 13.1 Å². The molecular weight excluding hydrogens is 382 g/mol. The zero-order chi connectivity index (χ0) is 20.2. The second-order valence-electron chi connectivity index (χ2n) is 7.27. The van der Waals surface area contributed by atoms with Gasteiger partial charge in [-0.15, -0.1) is 11.8 Å². The van der Waals surface area contributed by atoms with Crippen LogP contribution in [0.15, 0.2) is 65.6 Å². The molecule has 0 bridgehead atoms. The van der Waals surface area contributed by atoms with E-state index in [1.165, 1.54) is 15.7 Å². The van der Waals surface area contributed by atoms with Crippen LogP contribution in [0.25, 0.3) is 10.8 Å². The summed E-state index contributed by atoms with van der Waals surface area (Å²) < 4.78 is 0. The standard InChI is InChI=1S/C23H23N3O2S/c24-22(27)17-8-5-13-26(14-17)23(28)20-11-4-9-18(25-20)15-29-21-12-3-7-16-6-1-2-10-19(16)21/h1-4,6-7,9-12,17H,5,8,13-15H2,(H2,24,27). The van der Waals surface area contributed by atoms with Crippen LogP contribution in [-0.2, 0) is 10.5 Å². The summed E-state index contributed by atoms with van der Waals surface area (Å²) in [5.41, 5.74) is 6.71. The fourth-order valence-electron chi connectivity index (χ4n) is 3.71. The van der Waals surface area contributed by atoms with Crippen LogP contribution in [0.4, 0.5) is 0 Å². The molecule has 29 heavy (non-hydrogen) atoms. The molecule has 1 unspecified atom stereocenters. The molecule has 1 aliphatic rings. The lowest BCUT2D eigenvalue weighted by atomic mass is 9.97. The van der Waals surface area contributed by atoms with Crippen molar-refractivity contribution in [2.24, 2.45) is 11.7 Å². The van der Waals surface area contributed by atoms with Gasteiger partial charge < -0.3 is 10.6 Å². The molecule has 3 aromatic rings. The van der Waals surface area contributed by atoms with E-state index >= 15 is 0 Å². The van der Waals surface area contributed by atoms with Gasteiger partial charge >= 0.3 is 0 Å². The van der Waals surface area contributed by atoms with E-state index in [2.05, 4.69) is 35.3 Å². The van der Waals surface area contributed by atoms with Gasteiger partial charge in [0.2, 0.25) is 5.91 Å². The number of likely N-dealkylation sites (tertiary alicyclic amines) is 1. The highest BCUT2D eigenvalue weighted by molar-refractivity contribution is 7.98. The molecule has 0 radical (unpaired) electrons. The molecule has 5 nitrogen and oxygen atoms in total. The van der Waals surface area contributed by atoms with Crippen LogP contribution in [0.1, 0.15) is 29.0 Å². The van der Waals surface area contributed by atoms with Gasteiger partial charge in [0.05, 0.1) is 11.6 Å². The molecule has 2 N–H and O–H groups in total. The van der Waals surface area contributed by atoms with E-state index in [1.54, 1.807) is 22.7 Å². The number of pyridine rings is 1. The maximum Gasteiger partial charge on any atom is 0.272 e. The zero-order valence-corrected chi connectivity index (χ0v) is 16.9. The van der Waals surface area contributed by atoms with Crippen molar-refractivity contribution < 1.29 is 9.59 Å². The van der Waals surface area contributed by atoms with E-state index in [0.717, 1.165) is 18.5 Å². The summed E-state index contributed by atoms with van der Waals surface area (Å²) in [6, 6.07) is 20.1. The number of amides is 2. The summed E-state index contributed by atoms with van der Waals surface area (Å²) in [5.74, 6) is -0.0552. The molecule has 2 heterocycles. The maximum atomic E-state index is 12.9. The number of nitrogens with two attached hydrogens (primary N) is 1. The number of primary amides is 1. The van der Waals surface area contributed by atoms with E-state index in [9.17, 15) is 9.59 Å². The number of rotatable bonds is 5. The maximum absolute atomic E-state index is 12.9. The van der Waals surface area contributed by atoms with Gasteiger partial charge in [-0.1, -0.05) is 42.5 Å². The van der Waals surface area contributed by atoms with E-state index in [0.29, 0.717) is 24.5 Å². The van der Waals surface area contributed by atoms with E-state index in [-0.39, 0.29) is 17.7 Å². The number of piperidine rings is 1. The van der Waals surface area contributed by atoms with Crippen molar-refractivity contribution in [3.05, 3.63) is 72.1 Å². The van der Waals surface area contributed by atoms with Crippen LogP contribution in [0, 0.1) is 5.92 Å². The molecule has 1 atom stereocenters. The van der Waals surface area contributed by atoms with Gasteiger partial charge in [0.25, 0.3) is 5.91 Å². The Labute approximate surface area is 174 Å². The van der Waals surface area contributed by atoms with Crippen molar-refractivity contribution in [1.82, 2.24) is 9.88 Å². The molecule has 1 aliphatic heterocycles. The number of thioether (sulfide) groups is 1. The van der Waals surface area contributed by atoms with Crippen LogP contribution in [-0.4, -0.2) is 34.8 Å². The quantitative estimate of drug-likeness (QED) is 0.654. The molecule has 1 aromatic heterocycles. The summed E-state index contributed by atoms with van der Waals surface area (Å²) >= 11 is 1.71. The Morgan fingerprint density at radius 1 is 1.07 bits per heavy atom. The second-order valence-corrected chi connectivity index (χ2v) is 8.29. The first kappa shape index (κ1) is 19.5. The van der Waals surface area contributed by atoms with E-state index in [1.807, 2.05) is 24.3 Å². The van der Waals surface area contributed by atoms with Crippen LogP contribution >= 0.6 is 11.8 Å². The lowest BCUT2D eigenvalue weighted by Crippen LogP contribution is -2.44. The highest BCUT2D eigenvalue weighted by atomic mass is 32.2. The number of carbonyl (C=O) groups is 2. The molecule has 2 amide bonds. The average molecular weight is 406 g/mol. The molecule has 0 saturated carbocycles. The van der Waals surface area contributed by atoms with Crippen molar-refractivity contribution in [3.63, 3.8) is 0 Å². The predicted octanol–water partition coefficient (Wildman–Crippen LogP) is 3.86. The summed E-state index contributed by atoms with van der Waals surface area (Å²) in [5, 5.41) is 2.43. The Hall–Kier alpha value is -2.86. The Balaban J connectivity index is 1.47. The first-order valence-electron chi connectivity index (χ1n) is 9.77. The summed E-state index contributed by atoms with van der Waals surface area (Å²) in [6.07, 6.45) is 1.53. The van der Waals surface area contributed by atoms with E-state index in [4.69, 9.17) is 5.73 Å². The summed E-state index contributed by atoms with van der Waals surface area (Å²) in [7, 11) is 0. The highest BCUT2D eigenvalue weighted by Gasteiger charge is 2.28. The average Bonchev–Trinajstić information content (AvgIpc) is 2.77. The van der Waals surface area contributed by atoms with Gasteiger partial charge in [-0.3, -0.25) is 9.59 Å². The van der Waals surface area contributed by atoms with Crippen LogP contribution in [0.5, 0.6) is 0 Å². The third kappa shape index (κ3) is 4.43. The van der Waals surface area contributed by atoms with Crippen molar-refractivity contribution in [3.8, 4) is 0 Å². The minimum atomic E-state index is -0.337. The summed E-state index contributed by atoms with van der Waals surface area (Å²) in [6.45, 7) is 1.02. The molecule has 0 spiro atoms. The molecule has 4 rings (SSSR count). The first-order valence-corrected chi connectivity index (χ1v) is 10.8. The van der Waals surface area contributed by atoms with Crippen LogP contribution in [0.2, 0.25) is 0 Å². The predicted molar refractivity (Wildman–Crippen MR) is 116 cm³/mol. The fourth-order valence-corrected chi connectivity index (χ4v) is 4.69. The van der Waals surface area contributed by atoms with Gasteiger partial charge in [-0.25, -0.2) is 4.98 Å². The number of hydrogen-bond donors (Lipinski definition) is 1. The molecule has 1 saturated heterocycles. The monoisotopic (exact) mass is 405 g/mol. The Morgan fingerprint density at radius 3 is 2.72 bits per heavy atom. The van der Waals surface area contributed by atoms with E-state index < -0.39 is 0 Å². The third-order valence-electron chi connectivity index (χ3n) is 5.26. The number of hydrogen-bond acceptors (Lipinski definition) is 4. The molecule has 2 aromatic carbocycles. The minimum absolute atomic E-state index is 0.132. The number of nitrogens with zero attached hydrogens (tertiary/aromatic N) is 2. The van der Waals surface area contributed by atoms with Gasteiger partial charge in [-0.05, 0) is 41.8 Å². The Kier molecular flexibility index (Phi) is 5.81. The van der Waals surface area contributed by atoms with Crippen LogP contribution < -0.4 is 5.73 Å². The van der Waals surface area contributed by atoms with Crippen LogP contribution in [0.3, 0.4) is 0 Å². The second kappa shape index (κ2) is 8.66. The first-order chi connectivity index (χ1) is 14.1. The summed E-state index contributed by atoms with van der Waals surface area (Å²) in [4.78, 5) is 31.8. The Morgan fingerprint density at radius 2 is 1.86 bits per heavy atom.